The van der Waals surface area contributed by atoms with Crippen LogP contribution < -0.4 is 0 Å². The highest BCUT2D eigenvalue weighted by molar-refractivity contribution is 5.93. The highest BCUT2D eigenvalue weighted by Crippen LogP contribution is 2.22. The molecule has 0 bridgehead atoms. The molecule has 1 amide bonds. The molecule has 1 saturated heterocycles. The lowest BCUT2D eigenvalue weighted by molar-refractivity contribution is -0.125. The zero-order chi connectivity index (χ0) is 9.14. The Balaban J connectivity index is 2.63. The first-order valence-electron chi connectivity index (χ1n) is 4.40. The van der Waals surface area contributed by atoms with Crippen molar-refractivity contribution in [2.45, 2.75) is 33.2 Å². The van der Waals surface area contributed by atoms with Gasteiger partial charge in [0.25, 0.3) is 5.91 Å². The van der Waals surface area contributed by atoms with E-state index in [0.29, 0.717) is 12.0 Å². The van der Waals surface area contributed by atoms with Gasteiger partial charge in [-0.1, -0.05) is 12.8 Å². The number of amides is 1. The Kier molecular flexibility index (Phi) is 2.75. The summed E-state index contributed by atoms with van der Waals surface area (Å²) in [5, 5.41) is 0. The van der Waals surface area contributed by atoms with Crippen molar-refractivity contribution in [3.05, 3.63) is 0 Å². The van der Waals surface area contributed by atoms with Gasteiger partial charge in [-0.05, 0) is 32.1 Å². The van der Waals surface area contributed by atoms with Crippen LogP contribution in [0.1, 0.15) is 27.2 Å². The van der Waals surface area contributed by atoms with E-state index >= 15 is 0 Å². The summed E-state index contributed by atoms with van der Waals surface area (Å²) >= 11 is 0. The van der Waals surface area contributed by atoms with Crippen molar-refractivity contribution in [3.8, 4) is 11.8 Å². The number of carbonyl (C=O) groups excluding carboxylic acids is 1. The zero-order valence-electron chi connectivity index (χ0n) is 7.92. The van der Waals surface area contributed by atoms with Crippen molar-refractivity contribution in [1.82, 2.24) is 4.90 Å². The van der Waals surface area contributed by atoms with Gasteiger partial charge in [0.15, 0.2) is 0 Å². The molecule has 2 atom stereocenters. The average molecular weight is 165 g/mol. The van der Waals surface area contributed by atoms with Crippen molar-refractivity contribution in [1.29, 1.82) is 0 Å². The highest BCUT2D eigenvalue weighted by Gasteiger charge is 2.29. The molecule has 1 fully saturated rings. The SMILES string of the molecule is CC#CC(=O)N1CCC(C)C1C. The number of hydrogen-bond acceptors (Lipinski definition) is 1. The fourth-order valence-electron chi connectivity index (χ4n) is 1.56. The summed E-state index contributed by atoms with van der Waals surface area (Å²) < 4.78 is 0. The minimum absolute atomic E-state index is 0.0191. The van der Waals surface area contributed by atoms with Gasteiger partial charge in [0, 0.05) is 12.6 Å². The Morgan fingerprint density at radius 1 is 1.50 bits per heavy atom. The Bertz CT molecular complexity index is 236. The molecule has 1 rings (SSSR count). The molecule has 0 aromatic rings. The standard InChI is InChI=1S/C10H15NO/c1-4-5-10(12)11-7-6-8(2)9(11)3/h8-9H,6-7H2,1-3H3. The van der Waals surface area contributed by atoms with Crippen LogP contribution in [0, 0.1) is 17.8 Å². The van der Waals surface area contributed by atoms with E-state index in [0.717, 1.165) is 13.0 Å². The molecule has 0 saturated carbocycles. The second-order valence-electron chi connectivity index (χ2n) is 3.38. The van der Waals surface area contributed by atoms with Crippen LogP contribution in [-0.4, -0.2) is 23.4 Å². The Hall–Kier alpha value is -0.970. The van der Waals surface area contributed by atoms with Crippen LogP contribution in [0.2, 0.25) is 0 Å². The quantitative estimate of drug-likeness (QED) is 0.495. The number of likely N-dealkylation sites (tertiary alicyclic amines) is 1. The molecule has 1 heterocycles. The van der Waals surface area contributed by atoms with Crippen molar-refractivity contribution >= 4 is 5.91 Å². The van der Waals surface area contributed by atoms with Crippen molar-refractivity contribution < 1.29 is 4.79 Å². The third-order valence-electron chi connectivity index (χ3n) is 2.63. The van der Waals surface area contributed by atoms with Crippen molar-refractivity contribution in [2.75, 3.05) is 6.54 Å². The van der Waals surface area contributed by atoms with Crippen LogP contribution >= 0.6 is 0 Å². The molecule has 1 aliphatic rings. The van der Waals surface area contributed by atoms with E-state index in [9.17, 15) is 4.79 Å². The topological polar surface area (TPSA) is 20.3 Å². The number of carbonyl (C=O) groups is 1. The average Bonchev–Trinajstić information content (AvgIpc) is 2.34. The minimum Gasteiger partial charge on any atom is -0.329 e. The third kappa shape index (κ3) is 1.61. The monoisotopic (exact) mass is 165 g/mol. The first-order valence-corrected chi connectivity index (χ1v) is 4.40. The molecular weight excluding hydrogens is 150 g/mol. The van der Waals surface area contributed by atoms with Gasteiger partial charge in [-0.15, -0.1) is 0 Å². The van der Waals surface area contributed by atoms with E-state index in [4.69, 9.17) is 0 Å². The van der Waals surface area contributed by atoms with Crippen LogP contribution in [0.3, 0.4) is 0 Å². The van der Waals surface area contributed by atoms with E-state index in [-0.39, 0.29) is 5.91 Å². The van der Waals surface area contributed by atoms with Gasteiger partial charge in [-0.3, -0.25) is 4.79 Å². The lowest BCUT2D eigenvalue weighted by atomic mass is 10.1. The van der Waals surface area contributed by atoms with E-state index in [2.05, 4.69) is 25.7 Å². The first kappa shape index (κ1) is 9.12. The largest absolute Gasteiger partial charge is 0.329 e. The lowest BCUT2D eigenvalue weighted by Crippen LogP contribution is -2.34. The van der Waals surface area contributed by atoms with Gasteiger partial charge in [0.1, 0.15) is 0 Å². The maximum Gasteiger partial charge on any atom is 0.298 e. The predicted octanol–water partition coefficient (Wildman–Crippen LogP) is 1.27. The third-order valence-corrected chi connectivity index (χ3v) is 2.63. The molecular formula is C10H15NO. The fraction of sp³-hybridized carbons (Fsp3) is 0.700. The number of nitrogens with zero attached hydrogens (tertiary/aromatic N) is 1. The molecule has 2 nitrogen and oxygen atoms in total. The second-order valence-corrected chi connectivity index (χ2v) is 3.38. The van der Waals surface area contributed by atoms with E-state index < -0.39 is 0 Å². The normalized spacial score (nSPS) is 28.1. The Morgan fingerprint density at radius 2 is 2.17 bits per heavy atom. The van der Waals surface area contributed by atoms with E-state index in [1.807, 2.05) is 4.90 Å². The van der Waals surface area contributed by atoms with Gasteiger partial charge in [0.05, 0.1) is 0 Å². The first-order chi connectivity index (χ1) is 5.66. The maximum atomic E-state index is 11.4. The summed E-state index contributed by atoms with van der Waals surface area (Å²) in [4.78, 5) is 13.2. The lowest BCUT2D eigenvalue weighted by Gasteiger charge is -2.20. The molecule has 2 heteroatoms. The van der Waals surface area contributed by atoms with Crippen LogP contribution in [0.4, 0.5) is 0 Å². The van der Waals surface area contributed by atoms with Crippen LogP contribution in [-0.2, 0) is 4.79 Å². The highest BCUT2D eigenvalue weighted by atomic mass is 16.2. The molecule has 0 radical (unpaired) electrons. The molecule has 0 aliphatic carbocycles. The molecule has 1 aliphatic heterocycles. The van der Waals surface area contributed by atoms with Crippen molar-refractivity contribution in [3.63, 3.8) is 0 Å². The molecule has 12 heavy (non-hydrogen) atoms. The van der Waals surface area contributed by atoms with Crippen molar-refractivity contribution in [2.24, 2.45) is 5.92 Å². The zero-order valence-corrected chi connectivity index (χ0v) is 7.92. The summed E-state index contributed by atoms with van der Waals surface area (Å²) in [5.41, 5.74) is 0. The van der Waals surface area contributed by atoms with E-state index in [1.165, 1.54) is 0 Å². The van der Waals surface area contributed by atoms with Crippen LogP contribution in [0.25, 0.3) is 0 Å². The summed E-state index contributed by atoms with van der Waals surface area (Å²) in [7, 11) is 0. The van der Waals surface area contributed by atoms with Crippen LogP contribution in [0.15, 0.2) is 0 Å². The van der Waals surface area contributed by atoms with E-state index in [1.54, 1.807) is 6.92 Å². The predicted molar refractivity (Wildman–Crippen MR) is 48.4 cm³/mol. The van der Waals surface area contributed by atoms with Gasteiger partial charge < -0.3 is 4.90 Å². The number of hydrogen-bond donors (Lipinski definition) is 0. The molecule has 0 aromatic carbocycles. The Morgan fingerprint density at radius 3 is 2.58 bits per heavy atom. The fourth-order valence-corrected chi connectivity index (χ4v) is 1.56. The minimum atomic E-state index is -0.0191. The summed E-state index contributed by atoms with van der Waals surface area (Å²) in [5.74, 6) is 5.81. The smallest absolute Gasteiger partial charge is 0.298 e. The van der Waals surface area contributed by atoms with Gasteiger partial charge >= 0.3 is 0 Å². The molecule has 0 aromatic heterocycles. The van der Waals surface area contributed by atoms with Gasteiger partial charge in [-0.25, -0.2) is 0 Å². The maximum absolute atomic E-state index is 11.4. The van der Waals surface area contributed by atoms with Gasteiger partial charge in [-0.2, -0.15) is 0 Å². The van der Waals surface area contributed by atoms with Crippen LogP contribution in [0.5, 0.6) is 0 Å². The second kappa shape index (κ2) is 3.62. The molecule has 0 spiro atoms. The summed E-state index contributed by atoms with van der Waals surface area (Å²) in [6.45, 7) is 6.84. The molecule has 66 valence electrons. The van der Waals surface area contributed by atoms with Gasteiger partial charge in [0.2, 0.25) is 0 Å². The molecule has 0 N–H and O–H groups in total. The summed E-state index contributed by atoms with van der Waals surface area (Å²) in [6, 6.07) is 0.360. The Labute approximate surface area is 73.9 Å². The number of rotatable bonds is 0. The molecule has 2 unspecified atom stereocenters. The summed E-state index contributed by atoms with van der Waals surface area (Å²) in [6.07, 6.45) is 1.11.